The molecule has 24 heavy (non-hydrogen) atoms. The summed E-state index contributed by atoms with van der Waals surface area (Å²) in [7, 11) is 0. The zero-order chi connectivity index (χ0) is 17.3. The first-order valence-corrected chi connectivity index (χ1v) is 8.34. The minimum absolute atomic E-state index is 0.0763. The summed E-state index contributed by atoms with van der Waals surface area (Å²) in [4.78, 5) is 27.8. The molecule has 0 bridgehead atoms. The number of hydrogen-bond donors (Lipinski definition) is 2. The van der Waals surface area contributed by atoms with Gasteiger partial charge in [-0.25, -0.2) is 14.2 Å². The van der Waals surface area contributed by atoms with Gasteiger partial charge in [-0.15, -0.1) is 11.8 Å². The van der Waals surface area contributed by atoms with Gasteiger partial charge in [0.15, 0.2) is 17.3 Å². The topological polar surface area (TPSA) is 124 Å². The highest BCUT2D eigenvalue weighted by Gasteiger charge is 2.19. The number of halogens is 1. The van der Waals surface area contributed by atoms with E-state index < -0.39 is 22.8 Å². The van der Waals surface area contributed by atoms with Gasteiger partial charge in [-0.1, -0.05) is 0 Å². The van der Waals surface area contributed by atoms with Crippen LogP contribution in [0.4, 0.5) is 4.39 Å². The number of carbonyl (C=O) groups is 1. The average molecular weight is 367 g/mol. The van der Waals surface area contributed by atoms with Crippen LogP contribution in [-0.4, -0.2) is 41.7 Å². The third kappa shape index (κ3) is 2.88. The molecular formula is C13H10FN5O3S2. The average Bonchev–Trinajstić information content (AvgIpc) is 3.08. The van der Waals surface area contributed by atoms with Crippen LogP contribution in [0.2, 0.25) is 0 Å². The molecule has 0 aliphatic carbocycles. The first kappa shape index (κ1) is 16.5. The molecular weight excluding hydrogens is 357 g/mol. The SMILES string of the molecule is NCCSc1nc2c(cc1F)c(=O)c(C(=O)O)cn2-c1cnsn1. The minimum atomic E-state index is -1.42. The summed E-state index contributed by atoms with van der Waals surface area (Å²) in [6.45, 7) is 0.338. The quantitative estimate of drug-likeness (QED) is 0.643. The molecule has 0 saturated carbocycles. The van der Waals surface area contributed by atoms with E-state index in [9.17, 15) is 19.1 Å². The molecule has 0 aromatic carbocycles. The van der Waals surface area contributed by atoms with Gasteiger partial charge in [0.1, 0.15) is 10.6 Å². The molecule has 8 nitrogen and oxygen atoms in total. The molecule has 0 atom stereocenters. The van der Waals surface area contributed by atoms with E-state index in [-0.39, 0.29) is 16.1 Å². The van der Waals surface area contributed by atoms with Crippen LogP contribution in [0.25, 0.3) is 16.9 Å². The third-order valence-electron chi connectivity index (χ3n) is 3.08. The Morgan fingerprint density at radius 2 is 2.29 bits per heavy atom. The van der Waals surface area contributed by atoms with E-state index in [4.69, 9.17) is 5.73 Å². The molecule has 0 saturated heterocycles. The Kier molecular flexibility index (Phi) is 4.55. The maximum atomic E-state index is 14.2. The standard InChI is InChI=1S/C13H10FN5O3S2/c14-8-3-6-10(20)7(13(21)22)5-19(9-4-16-24-18-9)11(6)17-12(8)23-2-1-15/h3-5H,1-2,15H2,(H,21,22). The predicted octanol–water partition coefficient (Wildman–Crippen LogP) is 1.13. The maximum Gasteiger partial charge on any atom is 0.341 e. The summed E-state index contributed by atoms with van der Waals surface area (Å²) in [5, 5.41) is 9.14. The van der Waals surface area contributed by atoms with E-state index in [2.05, 4.69) is 13.7 Å². The van der Waals surface area contributed by atoms with Crippen molar-refractivity contribution < 1.29 is 14.3 Å². The number of nitrogens with two attached hydrogens (primary N) is 1. The van der Waals surface area contributed by atoms with E-state index in [1.165, 1.54) is 10.8 Å². The van der Waals surface area contributed by atoms with Gasteiger partial charge in [-0.2, -0.15) is 8.75 Å². The molecule has 0 spiro atoms. The van der Waals surface area contributed by atoms with Crippen molar-refractivity contribution in [3.05, 3.63) is 40.1 Å². The molecule has 3 aromatic rings. The van der Waals surface area contributed by atoms with Crippen molar-refractivity contribution in [2.45, 2.75) is 5.03 Å². The second-order valence-electron chi connectivity index (χ2n) is 4.60. The maximum absolute atomic E-state index is 14.2. The van der Waals surface area contributed by atoms with Crippen LogP contribution < -0.4 is 11.2 Å². The number of rotatable bonds is 5. The van der Waals surface area contributed by atoms with Crippen LogP contribution in [-0.2, 0) is 0 Å². The molecule has 0 amide bonds. The predicted molar refractivity (Wildman–Crippen MR) is 87.5 cm³/mol. The van der Waals surface area contributed by atoms with Crippen LogP contribution in [0, 0.1) is 5.82 Å². The highest BCUT2D eigenvalue weighted by molar-refractivity contribution is 7.99. The zero-order valence-electron chi connectivity index (χ0n) is 12.0. The Hall–Kier alpha value is -2.37. The van der Waals surface area contributed by atoms with Crippen molar-refractivity contribution >= 4 is 40.5 Å². The highest BCUT2D eigenvalue weighted by Crippen LogP contribution is 2.24. The molecule has 3 N–H and O–H groups in total. The van der Waals surface area contributed by atoms with Gasteiger partial charge >= 0.3 is 5.97 Å². The fraction of sp³-hybridized carbons (Fsp3) is 0.154. The second-order valence-corrected chi connectivity index (χ2v) is 6.24. The normalized spacial score (nSPS) is 11.1. The van der Waals surface area contributed by atoms with Gasteiger partial charge in [-0.3, -0.25) is 9.36 Å². The zero-order valence-corrected chi connectivity index (χ0v) is 13.6. The summed E-state index contributed by atoms with van der Waals surface area (Å²) in [5.74, 6) is -1.38. The van der Waals surface area contributed by atoms with Crippen molar-refractivity contribution in [3.8, 4) is 5.82 Å². The molecule has 3 aromatic heterocycles. The number of carboxylic acid groups (broad SMARTS) is 1. The lowest BCUT2D eigenvalue weighted by molar-refractivity contribution is 0.0695. The van der Waals surface area contributed by atoms with Gasteiger partial charge < -0.3 is 10.8 Å². The fourth-order valence-electron chi connectivity index (χ4n) is 2.06. The fourth-order valence-corrected chi connectivity index (χ4v) is 3.12. The van der Waals surface area contributed by atoms with E-state index in [0.717, 1.165) is 35.8 Å². The monoisotopic (exact) mass is 367 g/mol. The van der Waals surface area contributed by atoms with Gasteiger partial charge in [0.2, 0.25) is 5.43 Å². The molecule has 0 radical (unpaired) electrons. The van der Waals surface area contributed by atoms with Crippen molar-refractivity contribution in [1.29, 1.82) is 0 Å². The van der Waals surface area contributed by atoms with Gasteiger partial charge in [-0.05, 0) is 6.07 Å². The summed E-state index contributed by atoms with van der Waals surface area (Å²) in [6.07, 6.45) is 2.52. The van der Waals surface area contributed by atoms with E-state index in [1.54, 1.807) is 0 Å². The van der Waals surface area contributed by atoms with Gasteiger partial charge in [0, 0.05) is 18.5 Å². The molecule has 0 aliphatic rings. The third-order valence-corrected chi connectivity index (χ3v) is 4.55. The number of aromatic carboxylic acids is 1. The largest absolute Gasteiger partial charge is 0.477 e. The number of pyridine rings is 2. The van der Waals surface area contributed by atoms with E-state index in [0.29, 0.717) is 18.1 Å². The highest BCUT2D eigenvalue weighted by atomic mass is 32.2. The molecule has 0 aliphatic heterocycles. The van der Waals surface area contributed by atoms with Crippen molar-refractivity contribution in [3.63, 3.8) is 0 Å². The van der Waals surface area contributed by atoms with Crippen molar-refractivity contribution in [2.24, 2.45) is 5.73 Å². The Morgan fingerprint density at radius 1 is 1.50 bits per heavy atom. The molecule has 3 rings (SSSR count). The van der Waals surface area contributed by atoms with Crippen LogP contribution in [0.5, 0.6) is 0 Å². The summed E-state index contributed by atoms with van der Waals surface area (Å²) in [5.41, 5.74) is 4.22. The summed E-state index contributed by atoms with van der Waals surface area (Å²) in [6, 6.07) is 0.992. The second kappa shape index (κ2) is 6.63. The number of hydrogen-bond acceptors (Lipinski definition) is 8. The van der Waals surface area contributed by atoms with Crippen molar-refractivity contribution in [2.75, 3.05) is 12.3 Å². The van der Waals surface area contributed by atoms with Crippen LogP contribution in [0.3, 0.4) is 0 Å². The smallest absolute Gasteiger partial charge is 0.341 e. The Balaban J connectivity index is 2.36. The van der Waals surface area contributed by atoms with Gasteiger partial charge in [0.05, 0.1) is 23.3 Å². The Morgan fingerprint density at radius 3 is 2.92 bits per heavy atom. The molecule has 11 heteroatoms. The first-order valence-electron chi connectivity index (χ1n) is 6.63. The minimum Gasteiger partial charge on any atom is -0.477 e. The van der Waals surface area contributed by atoms with Crippen LogP contribution >= 0.6 is 23.5 Å². The van der Waals surface area contributed by atoms with E-state index >= 15 is 0 Å². The Labute approximate surface area is 142 Å². The Bertz CT molecular complexity index is 974. The van der Waals surface area contributed by atoms with Crippen LogP contribution in [0.1, 0.15) is 10.4 Å². The number of thioether (sulfide) groups is 1. The molecule has 3 heterocycles. The molecule has 0 unspecified atom stereocenters. The summed E-state index contributed by atoms with van der Waals surface area (Å²) < 4.78 is 23.4. The summed E-state index contributed by atoms with van der Waals surface area (Å²) >= 11 is 2.02. The lowest BCUT2D eigenvalue weighted by atomic mass is 10.2. The molecule has 0 fully saturated rings. The number of aromatic nitrogens is 4. The van der Waals surface area contributed by atoms with Gasteiger partial charge in [0.25, 0.3) is 0 Å². The number of nitrogens with zero attached hydrogens (tertiary/aromatic N) is 4. The van der Waals surface area contributed by atoms with Crippen molar-refractivity contribution in [1.82, 2.24) is 18.3 Å². The van der Waals surface area contributed by atoms with Crippen LogP contribution in [0.15, 0.2) is 28.3 Å². The molecule has 124 valence electrons. The lowest BCUT2D eigenvalue weighted by Gasteiger charge is -2.10. The number of carboxylic acids is 1. The lowest BCUT2D eigenvalue weighted by Crippen LogP contribution is -2.19. The first-order chi connectivity index (χ1) is 11.5. The number of fused-ring (bicyclic) bond motifs is 1. The van der Waals surface area contributed by atoms with E-state index in [1.807, 2.05) is 0 Å².